The third-order valence-electron chi connectivity index (χ3n) is 4.66. The molecule has 1 aliphatic heterocycles. The Hall–Kier alpha value is -2.74. The molecule has 0 aliphatic carbocycles. The largest absolute Gasteiger partial charge is 0.486 e. The maximum absolute atomic E-state index is 12.3. The molecule has 1 atom stereocenters. The zero-order valence-corrected chi connectivity index (χ0v) is 17.4. The predicted molar refractivity (Wildman–Crippen MR) is 112 cm³/mol. The lowest BCUT2D eigenvalue weighted by Gasteiger charge is -2.25. The van der Waals surface area contributed by atoms with E-state index in [1.807, 2.05) is 37.3 Å². The van der Waals surface area contributed by atoms with E-state index in [-0.39, 0.29) is 24.9 Å². The molecule has 1 N–H and O–H groups in total. The number of benzene rings is 2. The van der Waals surface area contributed by atoms with Gasteiger partial charge in [-0.15, -0.1) is 0 Å². The summed E-state index contributed by atoms with van der Waals surface area (Å²) in [7, 11) is -3.50. The minimum Gasteiger partial charge on any atom is -0.486 e. The first-order valence-electron chi connectivity index (χ1n) is 9.56. The van der Waals surface area contributed by atoms with Crippen LogP contribution in [-0.4, -0.2) is 40.3 Å². The van der Waals surface area contributed by atoms with Crippen molar-refractivity contribution in [3.63, 3.8) is 0 Å². The summed E-state index contributed by atoms with van der Waals surface area (Å²) >= 11 is 0. The van der Waals surface area contributed by atoms with E-state index in [0.717, 1.165) is 11.8 Å². The molecule has 0 saturated carbocycles. The fourth-order valence-corrected chi connectivity index (χ4v) is 4.15. The van der Waals surface area contributed by atoms with Gasteiger partial charge >= 0.3 is 0 Å². The van der Waals surface area contributed by atoms with Crippen molar-refractivity contribution >= 4 is 21.6 Å². The molecule has 1 heterocycles. The van der Waals surface area contributed by atoms with Crippen LogP contribution in [0.15, 0.2) is 48.5 Å². The molecule has 0 aromatic heterocycles. The van der Waals surface area contributed by atoms with E-state index in [9.17, 15) is 13.2 Å². The van der Waals surface area contributed by atoms with E-state index in [1.54, 1.807) is 18.2 Å². The van der Waals surface area contributed by atoms with Crippen molar-refractivity contribution in [2.24, 2.45) is 0 Å². The number of sulfonamides is 1. The van der Waals surface area contributed by atoms with E-state index in [4.69, 9.17) is 9.47 Å². The standard InChI is InChI=1S/C21H26N2O5S/c1-16(17-7-4-3-5-8-17)22-21(24)9-6-12-23(29(2,25)26)18-10-11-19-20(15-18)28-14-13-27-19/h3-5,7-8,10-11,15-16H,6,9,12-14H2,1-2H3,(H,22,24)/t16-/m0/s1. The Morgan fingerprint density at radius 1 is 1.10 bits per heavy atom. The van der Waals surface area contributed by atoms with E-state index >= 15 is 0 Å². The molecule has 1 amide bonds. The van der Waals surface area contributed by atoms with Crippen molar-refractivity contribution in [1.82, 2.24) is 5.32 Å². The summed E-state index contributed by atoms with van der Waals surface area (Å²) in [5.74, 6) is 1.01. The van der Waals surface area contributed by atoms with Crippen LogP contribution >= 0.6 is 0 Å². The van der Waals surface area contributed by atoms with Crippen molar-refractivity contribution in [2.75, 3.05) is 30.3 Å². The molecular weight excluding hydrogens is 392 g/mol. The molecule has 8 heteroatoms. The molecule has 156 valence electrons. The van der Waals surface area contributed by atoms with Crippen LogP contribution in [0.5, 0.6) is 11.5 Å². The second-order valence-corrected chi connectivity index (χ2v) is 8.87. The van der Waals surface area contributed by atoms with Crippen LogP contribution < -0.4 is 19.1 Å². The Bertz CT molecular complexity index is 947. The summed E-state index contributed by atoms with van der Waals surface area (Å²) in [6.45, 7) is 3.02. The number of ether oxygens (including phenoxy) is 2. The fourth-order valence-electron chi connectivity index (χ4n) is 3.20. The molecule has 0 bridgehead atoms. The van der Waals surface area contributed by atoms with Gasteiger partial charge in [0, 0.05) is 19.0 Å². The second-order valence-electron chi connectivity index (χ2n) is 6.97. The quantitative estimate of drug-likeness (QED) is 0.713. The zero-order valence-electron chi connectivity index (χ0n) is 16.6. The van der Waals surface area contributed by atoms with Gasteiger partial charge in [-0.25, -0.2) is 8.42 Å². The molecule has 0 saturated heterocycles. The number of rotatable bonds is 8. The highest BCUT2D eigenvalue weighted by atomic mass is 32.2. The highest BCUT2D eigenvalue weighted by Gasteiger charge is 2.21. The first kappa shape index (κ1) is 21.0. The number of fused-ring (bicyclic) bond motifs is 1. The summed E-state index contributed by atoms with van der Waals surface area (Å²) in [5.41, 5.74) is 1.52. The van der Waals surface area contributed by atoms with Crippen LogP contribution in [0, 0.1) is 0 Å². The molecule has 29 heavy (non-hydrogen) atoms. The molecule has 0 spiro atoms. The highest BCUT2D eigenvalue weighted by Crippen LogP contribution is 2.34. The minimum absolute atomic E-state index is 0.104. The summed E-state index contributed by atoms with van der Waals surface area (Å²) in [6, 6.07) is 14.6. The van der Waals surface area contributed by atoms with Crippen LogP contribution in [0.4, 0.5) is 5.69 Å². The number of hydrogen-bond donors (Lipinski definition) is 1. The van der Waals surface area contributed by atoms with E-state index in [1.165, 1.54) is 4.31 Å². The monoisotopic (exact) mass is 418 g/mol. The molecule has 2 aromatic carbocycles. The molecule has 1 aliphatic rings. The molecule has 0 unspecified atom stereocenters. The predicted octanol–water partition coefficient (Wildman–Crippen LogP) is 2.88. The Morgan fingerprint density at radius 2 is 1.79 bits per heavy atom. The first-order valence-corrected chi connectivity index (χ1v) is 11.4. The lowest BCUT2D eigenvalue weighted by Crippen LogP contribution is -2.32. The normalized spacial score (nSPS) is 14.1. The number of carbonyl (C=O) groups excluding carboxylic acids is 1. The van der Waals surface area contributed by atoms with Crippen LogP contribution in [0.2, 0.25) is 0 Å². The van der Waals surface area contributed by atoms with Gasteiger partial charge in [-0.1, -0.05) is 30.3 Å². The van der Waals surface area contributed by atoms with Crippen LogP contribution in [-0.2, 0) is 14.8 Å². The van der Waals surface area contributed by atoms with Gasteiger partial charge in [0.1, 0.15) is 13.2 Å². The molecule has 7 nitrogen and oxygen atoms in total. The lowest BCUT2D eigenvalue weighted by molar-refractivity contribution is -0.121. The average molecular weight is 419 g/mol. The number of hydrogen-bond acceptors (Lipinski definition) is 5. The number of carbonyl (C=O) groups is 1. The van der Waals surface area contributed by atoms with E-state index < -0.39 is 10.0 Å². The van der Waals surface area contributed by atoms with Gasteiger partial charge in [0.05, 0.1) is 18.0 Å². The Balaban J connectivity index is 1.59. The smallest absolute Gasteiger partial charge is 0.232 e. The van der Waals surface area contributed by atoms with Crippen molar-refractivity contribution < 1.29 is 22.7 Å². The van der Waals surface area contributed by atoms with Gasteiger partial charge in [-0.3, -0.25) is 9.10 Å². The minimum atomic E-state index is -3.50. The SMILES string of the molecule is C[C@H](NC(=O)CCCN(c1ccc2c(c1)OCCO2)S(C)(=O)=O)c1ccccc1. The highest BCUT2D eigenvalue weighted by molar-refractivity contribution is 7.92. The Morgan fingerprint density at radius 3 is 2.48 bits per heavy atom. The summed E-state index contributed by atoms with van der Waals surface area (Å²) in [6.07, 6.45) is 1.78. The van der Waals surface area contributed by atoms with E-state index in [2.05, 4.69) is 5.32 Å². The van der Waals surface area contributed by atoms with Crippen molar-refractivity contribution in [3.05, 3.63) is 54.1 Å². The molecule has 2 aromatic rings. The van der Waals surface area contributed by atoms with Gasteiger partial charge in [-0.2, -0.15) is 0 Å². The molecular formula is C21H26N2O5S. The van der Waals surface area contributed by atoms with Crippen molar-refractivity contribution in [2.45, 2.75) is 25.8 Å². The topological polar surface area (TPSA) is 84.9 Å². The zero-order chi connectivity index (χ0) is 20.9. The Kier molecular flexibility index (Phi) is 6.64. The average Bonchev–Trinajstić information content (AvgIpc) is 2.70. The number of nitrogens with one attached hydrogen (secondary N) is 1. The maximum atomic E-state index is 12.3. The molecule has 0 radical (unpaired) electrons. The number of anilines is 1. The van der Waals surface area contributed by atoms with Gasteiger partial charge in [0.15, 0.2) is 11.5 Å². The van der Waals surface area contributed by atoms with Gasteiger partial charge < -0.3 is 14.8 Å². The maximum Gasteiger partial charge on any atom is 0.232 e. The summed E-state index contributed by atoms with van der Waals surface area (Å²) in [4.78, 5) is 12.3. The van der Waals surface area contributed by atoms with Crippen molar-refractivity contribution in [1.29, 1.82) is 0 Å². The number of amides is 1. The van der Waals surface area contributed by atoms with Crippen LogP contribution in [0.25, 0.3) is 0 Å². The molecule has 0 fully saturated rings. The fraction of sp³-hybridized carbons (Fsp3) is 0.381. The third-order valence-corrected chi connectivity index (χ3v) is 5.85. The van der Waals surface area contributed by atoms with Gasteiger partial charge in [0.25, 0.3) is 0 Å². The third kappa shape index (κ3) is 5.63. The van der Waals surface area contributed by atoms with Gasteiger partial charge in [0.2, 0.25) is 15.9 Å². The Labute approximate surface area is 171 Å². The van der Waals surface area contributed by atoms with Gasteiger partial charge in [-0.05, 0) is 31.0 Å². The van der Waals surface area contributed by atoms with Crippen LogP contribution in [0.1, 0.15) is 31.4 Å². The van der Waals surface area contributed by atoms with E-state index in [0.29, 0.717) is 36.8 Å². The van der Waals surface area contributed by atoms with Crippen LogP contribution in [0.3, 0.4) is 0 Å². The summed E-state index contributed by atoms with van der Waals surface area (Å²) < 4.78 is 36.9. The summed E-state index contributed by atoms with van der Waals surface area (Å²) in [5, 5.41) is 2.95. The number of nitrogens with zero attached hydrogens (tertiary/aromatic N) is 1. The lowest BCUT2D eigenvalue weighted by atomic mass is 10.1. The van der Waals surface area contributed by atoms with Crippen molar-refractivity contribution in [3.8, 4) is 11.5 Å². The second kappa shape index (κ2) is 9.17. The first-order chi connectivity index (χ1) is 13.8. The molecule has 3 rings (SSSR count).